The molecule has 0 bridgehead atoms. The van der Waals surface area contributed by atoms with E-state index < -0.39 is 0 Å². The first-order valence-corrected chi connectivity index (χ1v) is 11.8. The van der Waals surface area contributed by atoms with Gasteiger partial charge in [0.15, 0.2) is 0 Å². The standard InChI is InChI=1S/C26H34N4O3/c1-19-4-10-24(11-5-19)33-25-13-16-29(17-14-25)26(32)27-21-6-8-22(9-7-21)30-15-12-23(18-30)28(3)20(2)31/h4-11,23,25H,12-18H2,1-3H3,(H,27,32). The summed E-state index contributed by atoms with van der Waals surface area (Å²) >= 11 is 0. The maximum Gasteiger partial charge on any atom is 0.321 e. The van der Waals surface area contributed by atoms with Crippen LogP contribution in [0, 0.1) is 6.92 Å². The fourth-order valence-corrected chi connectivity index (χ4v) is 4.49. The molecule has 2 aliphatic rings. The number of anilines is 2. The smallest absolute Gasteiger partial charge is 0.321 e. The van der Waals surface area contributed by atoms with E-state index in [0.717, 1.165) is 49.5 Å². The molecule has 1 unspecified atom stereocenters. The van der Waals surface area contributed by atoms with Gasteiger partial charge in [0.05, 0.1) is 6.04 Å². The molecule has 3 amide bonds. The summed E-state index contributed by atoms with van der Waals surface area (Å²) < 4.78 is 6.07. The van der Waals surface area contributed by atoms with Gasteiger partial charge in [0, 0.05) is 64.4 Å². The van der Waals surface area contributed by atoms with E-state index in [4.69, 9.17) is 4.74 Å². The highest BCUT2D eigenvalue weighted by Gasteiger charge is 2.27. The molecule has 0 saturated carbocycles. The number of nitrogens with zero attached hydrogens (tertiary/aromatic N) is 3. The van der Waals surface area contributed by atoms with Crippen molar-refractivity contribution in [1.29, 1.82) is 0 Å². The van der Waals surface area contributed by atoms with Gasteiger partial charge in [-0.1, -0.05) is 17.7 Å². The fraction of sp³-hybridized carbons (Fsp3) is 0.462. The summed E-state index contributed by atoms with van der Waals surface area (Å²) in [5, 5.41) is 3.02. The Hall–Kier alpha value is -3.22. The molecule has 0 aliphatic carbocycles. The number of piperidine rings is 1. The molecule has 2 aliphatic heterocycles. The zero-order valence-corrected chi connectivity index (χ0v) is 19.8. The van der Waals surface area contributed by atoms with Gasteiger partial charge in [0.2, 0.25) is 5.91 Å². The lowest BCUT2D eigenvalue weighted by Gasteiger charge is -2.32. The summed E-state index contributed by atoms with van der Waals surface area (Å²) in [5.41, 5.74) is 3.12. The number of likely N-dealkylation sites (N-methyl/N-ethyl adjacent to an activating group) is 1. The number of hydrogen-bond donors (Lipinski definition) is 1. The number of aryl methyl sites for hydroxylation is 1. The Balaban J connectivity index is 1.24. The van der Waals surface area contributed by atoms with Crippen molar-refractivity contribution in [2.45, 2.75) is 45.3 Å². The Morgan fingerprint density at radius 3 is 2.27 bits per heavy atom. The zero-order valence-electron chi connectivity index (χ0n) is 19.8. The van der Waals surface area contributed by atoms with Crippen molar-refractivity contribution in [3.8, 4) is 5.75 Å². The minimum atomic E-state index is -0.0687. The van der Waals surface area contributed by atoms with Crippen LogP contribution in [0.5, 0.6) is 5.75 Å². The van der Waals surface area contributed by atoms with E-state index >= 15 is 0 Å². The van der Waals surface area contributed by atoms with E-state index in [1.54, 1.807) is 6.92 Å². The maximum absolute atomic E-state index is 12.7. The van der Waals surface area contributed by atoms with Crippen LogP contribution in [0.15, 0.2) is 48.5 Å². The van der Waals surface area contributed by atoms with Crippen LogP contribution in [0.25, 0.3) is 0 Å². The molecule has 1 N–H and O–H groups in total. The number of likely N-dealkylation sites (tertiary alicyclic amines) is 1. The lowest BCUT2D eigenvalue weighted by atomic mass is 10.1. The van der Waals surface area contributed by atoms with Crippen LogP contribution < -0.4 is 15.0 Å². The van der Waals surface area contributed by atoms with Crippen molar-refractivity contribution < 1.29 is 14.3 Å². The highest BCUT2D eigenvalue weighted by atomic mass is 16.5. The second kappa shape index (κ2) is 10.1. The van der Waals surface area contributed by atoms with Crippen molar-refractivity contribution in [1.82, 2.24) is 9.80 Å². The molecule has 1 atom stereocenters. The van der Waals surface area contributed by atoms with Crippen LogP contribution >= 0.6 is 0 Å². The van der Waals surface area contributed by atoms with Crippen molar-refractivity contribution in [3.63, 3.8) is 0 Å². The van der Waals surface area contributed by atoms with Crippen LogP contribution in [-0.4, -0.2) is 67.1 Å². The van der Waals surface area contributed by atoms with Gasteiger partial charge in [0.1, 0.15) is 11.9 Å². The molecule has 7 heteroatoms. The fourth-order valence-electron chi connectivity index (χ4n) is 4.49. The Labute approximate surface area is 196 Å². The number of carbonyl (C=O) groups is 2. The van der Waals surface area contributed by atoms with Crippen molar-refractivity contribution in [2.75, 3.05) is 43.4 Å². The van der Waals surface area contributed by atoms with Gasteiger partial charge < -0.3 is 24.8 Å². The number of urea groups is 1. The third-order valence-electron chi connectivity index (χ3n) is 6.74. The van der Waals surface area contributed by atoms with Gasteiger partial charge in [0.25, 0.3) is 0 Å². The molecular weight excluding hydrogens is 416 g/mol. The van der Waals surface area contributed by atoms with Crippen LogP contribution in [0.3, 0.4) is 0 Å². The van der Waals surface area contributed by atoms with E-state index in [-0.39, 0.29) is 24.1 Å². The summed E-state index contributed by atoms with van der Waals surface area (Å²) in [6.45, 7) is 6.79. The Morgan fingerprint density at radius 2 is 1.64 bits per heavy atom. The third kappa shape index (κ3) is 5.78. The number of nitrogens with one attached hydrogen (secondary N) is 1. The highest BCUT2D eigenvalue weighted by Crippen LogP contribution is 2.25. The molecular formula is C26H34N4O3. The first kappa shape index (κ1) is 23.0. The molecule has 2 heterocycles. The van der Waals surface area contributed by atoms with Crippen LogP contribution in [-0.2, 0) is 4.79 Å². The summed E-state index contributed by atoms with van der Waals surface area (Å²) in [4.78, 5) is 30.3. The monoisotopic (exact) mass is 450 g/mol. The molecule has 33 heavy (non-hydrogen) atoms. The molecule has 2 fully saturated rings. The molecule has 2 saturated heterocycles. The predicted molar refractivity (Wildman–Crippen MR) is 131 cm³/mol. The number of benzene rings is 2. The van der Waals surface area contributed by atoms with Gasteiger partial charge in [-0.05, 0) is 49.7 Å². The van der Waals surface area contributed by atoms with Gasteiger partial charge in [-0.25, -0.2) is 4.79 Å². The molecule has 2 aromatic carbocycles. The minimum Gasteiger partial charge on any atom is -0.490 e. The van der Waals surface area contributed by atoms with Crippen molar-refractivity contribution >= 4 is 23.3 Å². The van der Waals surface area contributed by atoms with E-state index in [0.29, 0.717) is 13.1 Å². The molecule has 176 valence electrons. The van der Waals surface area contributed by atoms with Gasteiger partial charge in [-0.3, -0.25) is 4.79 Å². The lowest BCUT2D eigenvalue weighted by molar-refractivity contribution is -0.129. The van der Waals surface area contributed by atoms with Gasteiger partial charge in [-0.15, -0.1) is 0 Å². The first-order valence-electron chi connectivity index (χ1n) is 11.8. The van der Waals surface area contributed by atoms with E-state index in [9.17, 15) is 9.59 Å². The van der Waals surface area contributed by atoms with Crippen LogP contribution in [0.4, 0.5) is 16.2 Å². The van der Waals surface area contributed by atoms with E-state index in [1.165, 1.54) is 5.56 Å². The second-order valence-corrected chi connectivity index (χ2v) is 9.11. The lowest BCUT2D eigenvalue weighted by Crippen LogP contribution is -2.43. The normalized spacial score (nSPS) is 18.8. The highest BCUT2D eigenvalue weighted by molar-refractivity contribution is 5.89. The van der Waals surface area contributed by atoms with Crippen molar-refractivity contribution in [3.05, 3.63) is 54.1 Å². The number of rotatable bonds is 5. The van der Waals surface area contributed by atoms with Gasteiger partial charge in [-0.2, -0.15) is 0 Å². The Morgan fingerprint density at radius 1 is 0.970 bits per heavy atom. The van der Waals surface area contributed by atoms with Crippen LogP contribution in [0.1, 0.15) is 31.7 Å². The third-order valence-corrected chi connectivity index (χ3v) is 6.74. The molecule has 4 rings (SSSR count). The number of carbonyl (C=O) groups excluding carboxylic acids is 2. The molecule has 0 radical (unpaired) electrons. The molecule has 7 nitrogen and oxygen atoms in total. The zero-order chi connectivity index (χ0) is 23.4. The summed E-state index contributed by atoms with van der Waals surface area (Å²) in [5.74, 6) is 0.992. The second-order valence-electron chi connectivity index (χ2n) is 9.11. The van der Waals surface area contributed by atoms with Crippen molar-refractivity contribution in [2.24, 2.45) is 0 Å². The average Bonchev–Trinajstić information content (AvgIpc) is 3.31. The Kier molecular flexibility index (Phi) is 7.06. The van der Waals surface area contributed by atoms with Crippen LogP contribution in [0.2, 0.25) is 0 Å². The first-order chi connectivity index (χ1) is 15.9. The average molecular weight is 451 g/mol. The SMILES string of the molecule is CC(=O)N(C)C1CCN(c2ccc(NC(=O)N3CCC(Oc4ccc(C)cc4)CC3)cc2)C1. The summed E-state index contributed by atoms with van der Waals surface area (Å²) in [6, 6.07) is 16.3. The topological polar surface area (TPSA) is 65.1 Å². The number of ether oxygens (including phenoxy) is 1. The number of hydrogen-bond acceptors (Lipinski definition) is 4. The minimum absolute atomic E-state index is 0.0687. The predicted octanol–water partition coefficient (Wildman–Crippen LogP) is 4.13. The summed E-state index contributed by atoms with van der Waals surface area (Å²) in [6.07, 6.45) is 2.76. The van der Waals surface area contributed by atoms with E-state index in [2.05, 4.69) is 29.3 Å². The van der Waals surface area contributed by atoms with Gasteiger partial charge >= 0.3 is 6.03 Å². The molecule has 0 aromatic heterocycles. The molecule has 0 spiro atoms. The number of amides is 3. The largest absolute Gasteiger partial charge is 0.490 e. The Bertz CT molecular complexity index is 953. The quantitative estimate of drug-likeness (QED) is 0.744. The van der Waals surface area contributed by atoms with E-state index in [1.807, 2.05) is 53.2 Å². The molecule has 2 aromatic rings. The maximum atomic E-state index is 12.7. The summed E-state index contributed by atoms with van der Waals surface area (Å²) in [7, 11) is 1.87.